The molecule has 1 aromatic heterocycles. The van der Waals surface area contributed by atoms with Crippen LogP contribution in [-0.2, 0) is 36.3 Å². The van der Waals surface area contributed by atoms with Gasteiger partial charge in [0.15, 0.2) is 0 Å². The zero-order chi connectivity index (χ0) is 27.1. The van der Waals surface area contributed by atoms with E-state index in [0.29, 0.717) is 30.9 Å². The third-order valence-electron chi connectivity index (χ3n) is 6.25. The van der Waals surface area contributed by atoms with Gasteiger partial charge in [0.05, 0.1) is 12.2 Å². The number of carbonyl (C=O) groups is 1. The first kappa shape index (κ1) is 26.9. The van der Waals surface area contributed by atoms with Crippen molar-refractivity contribution in [1.29, 1.82) is 0 Å². The van der Waals surface area contributed by atoms with Crippen LogP contribution in [0.1, 0.15) is 55.1 Å². The Kier molecular flexibility index (Phi) is 8.46. The fourth-order valence-electron chi connectivity index (χ4n) is 3.97. The highest BCUT2D eigenvalue weighted by Gasteiger charge is 2.21. The second-order valence-corrected chi connectivity index (χ2v) is 10.4. The van der Waals surface area contributed by atoms with Crippen molar-refractivity contribution < 1.29 is 19.0 Å². The van der Waals surface area contributed by atoms with E-state index in [2.05, 4.69) is 38.2 Å². The van der Waals surface area contributed by atoms with Crippen LogP contribution in [0.5, 0.6) is 5.88 Å². The van der Waals surface area contributed by atoms with Gasteiger partial charge in [-0.3, -0.25) is 4.79 Å². The molecule has 0 aliphatic rings. The lowest BCUT2D eigenvalue weighted by Gasteiger charge is -2.14. The van der Waals surface area contributed by atoms with Crippen molar-refractivity contribution in [3.05, 3.63) is 113 Å². The maximum atomic E-state index is 14.3. The van der Waals surface area contributed by atoms with Crippen LogP contribution in [0.25, 0.3) is 0 Å². The fourth-order valence-corrected chi connectivity index (χ4v) is 3.97. The SMILES string of the molecule is CC(C)(C)c1cc(OCc2ccccc2)n(Cc2ccc(CNc3ccc(CCC(=O)O)c(F)c3)cc2)n1. The summed E-state index contributed by atoms with van der Waals surface area (Å²) in [5.74, 6) is -0.600. The van der Waals surface area contributed by atoms with E-state index < -0.39 is 11.8 Å². The van der Waals surface area contributed by atoms with Crippen LogP contribution in [0, 0.1) is 5.82 Å². The van der Waals surface area contributed by atoms with Crippen LogP contribution in [0.4, 0.5) is 10.1 Å². The van der Waals surface area contributed by atoms with Crippen molar-refractivity contribution in [3.63, 3.8) is 0 Å². The molecule has 4 aromatic rings. The first-order chi connectivity index (χ1) is 18.2. The highest BCUT2D eigenvalue weighted by Crippen LogP contribution is 2.26. The molecule has 2 N–H and O–H groups in total. The molecule has 0 atom stereocenters. The molecule has 0 bridgehead atoms. The molecule has 0 spiro atoms. The summed E-state index contributed by atoms with van der Waals surface area (Å²) in [5.41, 5.74) is 5.18. The number of hydrogen-bond donors (Lipinski definition) is 2. The number of aromatic nitrogens is 2. The van der Waals surface area contributed by atoms with Gasteiger partial charge in [0.1, 0.15) is 12.4 Å². The normalized spacial score (nSPS) is 11.4. The Balaban J connectivity index is 1.39. The quantitative estimate of drug-likeness (QED) is 0.236. The lowest BCUT2D eigenvalue weighted by Crippen LogP contribution is -2.13. The summed E-state index contributed by atoms with van der Waals surface area (Å²) < 4.78 is 22.4. The predicted octanol–water partition coefficient (Wildman–Crippen LogP) is 6.58. The molecule has 0 amide bonds. The van der Waals surface area contributed by atoms with Crippen LogP contribution < -0.4 is 10.1 Å². The monoisotopic (exact) mass is 515 g/mol. The number of hydrogen-bond acceptors (Lipinski definition) is 4. The Morgan fingerprint density at radius 1 is 0.974 bits per heavy atom. The van der Waals surface area contributed by atoms with Crippen molar-refractivity contribution in [3.8, 4) is 5.88 Å². The molecule has 7 heteroatoms. The second kappa shape index (κ2) is 11.9. The van der Waals surface area contributed by atoms with Crippen LogP contribution in [-0.4, -0.2) is 20.9 Å². The van der Waals surface area contributed by atoms with E-state index in [0.717, 1.165) is 28.3 Å². The van der Waals surface area contributed by atoms with E-state index in [-0.39, 0.29) is 18.3 Å². The first-order valence-corrected chi connectivity index (χ1v) is 12.7. The number of carboxylic acid groups (broad SMARTS) is 1. The van der Waals surface area contributed by atoms with Crippen LogP contribution >= 0.6 is 0 Å². The topological polar surface area (TPSA) is 76.4 Å². The van der Waals surface area contributed by atoms with Gasteiger partial charge in [0.2, 0.25) is 5.88 Å². The van der Waals surface area contributed by atoms with Crippen molar-refractivity contribution in [1.82, 2.24) is 9.78 Å². The molecule has 0 radical (unpaired) electrons. The molecule has 38 heavy (non-hydrogen) atoms. The van der Waals surface area contributed by atoms with Crippen molar-refractivity contribution >= 4 is 11.7 Å². The zero-order valence-corrected chi connectivity index (χ0v) is 22.1. The van der Waals surface area contributed by atoms with Crippen molar-refractivity contribution in [2.24, 2.45) is 0 Å². The molecule has 0 aliphatic carbocycles. The molecule has 0 fully saturated rings. The molecule has 0 saturated carbocycles. The van der Waals surface area contributed by atoms with E-state index in [4.69, 9.17) is 14.9 Å². The lowest BCUT2D eigenvalue weighted by molar-refractivity contribution is -0.136. The maximum Gasteiger partial charge on any atom is 0.303 e. The number of ether oxygens (including phenoxy) is 1. The second-order valence-electron chi connectivity index (χ2n) is 10.4. The third-order valence-corrected chi connectivity index (χ3v) is 6.25. The molecule has 3 aromatic carbocycles. The molecular weight excluding hydrogens is 481 g/mol. The average Bonchev–Trinajstić information content (AvgIpc) is 3.30. The number of carboxylic acids is 1. The number of nitrogens with one attached hydrogen (secondary N) is 1. The molecule has 0 saturated heterocycles. The molecular formula is C31H34FN3O3. The van der Waals surface area contributed by atoms with E-state index in [1.807, 2.05) is 53.2 Å². The minimum Gasteiger partial charge on any atom is -0.481 e. The number of halogens is 1. The number of rotatable bonds is 11. The highest BCUT2D eigenvalue weighted by atomic mass is 19.1. The molecule has 0 unspecified atom stereocenters. The Labute approximate surface area is 223 Å². The lowest BCUT2D eigenvalue weighted by atomic mass is 9.93. The third kappa shape index (κ3) is 7.44. The fraction of sp³-hybridized carbons (Fsp3) is 0.290. The van der Waals surface area contributed by atoms with E-state index >= 15 is 0 Å². The van der Waals surface area contributed by atoms with E-state index in [1.54, 1.807) is 12.1 Å². The van der Waals surface area contributed by atoms with Crippen LogP contribution in [0.2, 0.25) is 0 Å². The Hall–Kier alpha value is -4.13. The Morgan fingerprint density at radius 3 is 2.34 bits per heavy atom. The molecule has 1 heterocycles. The number of aliphatic carboxylic acids is 1. The molecule has 6 nitrogen and oxygen atoms in total. The first-order valence-electron chi connectivity index (χ1n) is 12.7. The minimum absolute atomic E-state index is 0.0905. The molecule has 4 rings (SSSR count). The van der Waals surface area contributed by atoms with Gasteiger partial charge >= 0.3 is 5.97 Å². The molecule has 198 valence electrons. The number of anilines is 1. The summed E-state index contributed by atoms with van der Waals surface area (Å²) in [6, 6.07) is 25.1. The van der Waals surface area contributed by atoms with Gasteiger partial charge in [-0.2, -0.15) is 5.10 Å². The van der Waals surface area contributed by atoms with Gasteiger partial charge in [-0.1, -0.05) is 81.4 Å². The summed E-state index contributed by atoms with van der Waals surface area (Å²) in [6.07, 6.45) is 0.0855. The van der Waals surface area contributed by atoms with Gasteiger partial charge < -0.3 is 15.2 Å². The van der Waals surface area contributed by atoms with Gasteiger partial charge in [0.25, 0.3) is 0 Å². The average molecular weight is 516 g/mol. The number of benzene rings is 3. The minimum atomic E-state index is -0.937. The maximum absolute atomic E-state index is 14.3. The van der Waals surface area contributed by atoms with Gasteiger partial charge in [-0.05, 0) is 40.8 Å². The molecule has 0 aliphatic heterocycles. The highest BCUT2D eigenvalue weighted by molar-refractivity contribution is 5.67. The van der Waals surface area contributed by atoms with Crippen molar-refractivity contribution in [2.75, 3.05) is 5.32 Å². The van der Waals surface area contributed by atoms with Crippen molar-refractivity contribution in [2.45, 2.75) is 58.7 Å². The largest absolute Gasteiger partial charge is 0.481 e. The van der Waals surface area contributed by atoms with Crippen LogP contribution in [0.15, 0.2) is 78.9 Å². The number of aryl methyl sites for hydroxylation is 1. The van der Waals surface area contributed by atoms with Gasteiger partial charge in [0, 0.05) is 30.1 Å². The summed E-state index contributed by atoms with van der Waals surface area (Å²) in [5, 5.41) is 16.9. The summed E-state index contributed by atoms with van der Waals surface area (Å²) >= 11 is 0. The summed E-state index contributed by atoms with van der Waals surface area (Å²) in [4.78, 5) is 10.7. The van der Waals surface area contributed by atoms with E-state index in [1.165, 1.54) is 6.07 Å². The van der Waals surface area contributed by atoms with Gasteiger partial charge in [-0.25, -0.2) is 9.07 Å². The predicted molar refractivity (Wildman–Crippen MR) is 147 cm³/mol. The number of nitrogens with zero attached hydrogens (tertiary/aromatic N) is 2. The van der Waals surface area contributed by atoms with E-state index in [9.17, 15) is 9.18 Å². The zero-order valence-electron chi connectivity index (χ0n) is 22.1. The van der Waals surface area contributed by atoms with Crippen LogP contribution in [0.3, 0.4) is 0 Å². The summed E-state index contributed by atoms with van der Waals surface area (Å²) in [7, 11) is 0. The Bertz CT molecular complexity index is 1360. The van der Waals surface area contributed by atoms with Gasteiger partial charge in [-0.15, -0.1) is 0 Å². The summed E-state index contributed by atoms with van der Waals surface area (Å²) in [6.45, 7) is 8.00. The standard InChI is InChI=1S/C31H34FN3O3/c1-31(2,3)28-18-29(38-21-24-7-5-4-6-8-24)35(34-28)20-23-11-9-22(10-12-23)19-33-26-15-13-25(27(32)17-26)14-16-30(36)37/h4-13,15,17-18,33H,14,16,19-21H2,1-3H3,(H,36,37). The smallest absolute Gasteiger partial charge is 0.303 e. The Morgan fingerprint density at radius 2 is 1.68 bits per heavy atom.